The Balaban J connectivity index is 1.37. The van der Waals surface area contributed by atoms with Gasteiger partial charge in [-0.25, -0.2) is 4.98 Å². The van der Waals surface area contributed by atoms with Crippen LogP contribution in [0.25, 0.3) is 0 Å². The number of likely N-dealkylation sites (N-methyl/N-ethyl adjacent to an activating group) is 1. The summed E-state index contributed by atoms with van der Waals surface area (Å²) in [7, 11) is 2.13. The molecule has 218 valence electrons. The maximum atomic E-state index is 12.5. The molecule has 0 radical (unpaired) electrons. The standard InChI is InChI=1S/C32H42N6O3/c1-5-30(39)38-16-15-37(19-26(38)12-13-33)31-29(11-10-28-18-24-9-8-22(2)17-25(24)20-40-28)23(3)34-32(35-31)41-21-27-7-6-14-36(27)4/h5,8-9,17,26-28H,1,6-7,10-12,14-16,18-21H2,2-4H3/t26?,27?,28-/m0/s1. The number of ether oxygens (including phenoxy) is 2. The molecule has 3 atom stereocenters. The average molecular weight is 559 g/mol. The number of anilines is 1. The summed E-state index contributed by atoms with van der Waals surface area (Å²) in [5.74, 6) is 0.700. The van der Waals surface area contributed by atoms with Crippen LogP contribution in [0, 0.1) is 25.2 Å². The first-order valence-corrected chi connectivity index (χ1v) is 14.8. The fraction of sp³-hybridized carbons (Fsp3) is 0.562. The summed E-state index contributed by atoms with van der Waals surface area (Å²) in [6.07, 6.45) is 6.52. The van der Waals surface area contributed by atoms with Gasteiger partial charge in [0.05, 0.1) is 31.2 Å². The molecule has 0 bridgehead atoms. The monoisotopic (exact) mass is 558 g/mol. The van der Waals surface area contributed by atoms with Crippen LogP contribution in [0.3, 0.4) is 0 Å². The Labute approximate surface area is 243 Å². The maximum Gasteiger partial charge on any atom is 0.318 e. The van der Waals surface area contributed by atoms with Crippen LogP contribution in [-0.4, -0.2) is 83.7 Å². The molecule has 0 spiro atoms. The highest BCUT2D eigenvalue weighted by atomic mass is 16.5. The van der Waals surface area contributed by atoms with Crippen LogP contribution in [0.4, 0.5) is 5.82 Å². The van der Waals surface area contributed by atoms with Crippen molar-refractivity contribution in [3.63, 3.8) is 0 Å². The number of likely N-dealkylation sites (tertiary alicyclic amines) is 1. The summed E-state index contributed by atoms with van der Waals surface area (Å²) in [6.45, 7) is 11.7. The molecule has 1 amide bonds. The molecule has 9 nitrogen and oxygen atoms in total. The van der Waals surface area contributed by atoms with E-state index in [1.165, 1.54) is 29.2 Å². The first kappa shape index (κ1) is 29.0. The van der Waals surface area contributed by atoms with Crippen molar-refractivity contribution in [1.29, 1.82) is 5.26 Å². The molecule has 4 heterocycles. The number of aryl methyl sites for hydroxylation is 2. The van der Waals surface area contributed by atoms with Crippen LogP contribution < -0.4 is 9.64 Å². The lowest BCUT2D eigenvalue weighted by Gasteiger charge is -2.41. The number of carbonyl (C=O) groups is 1. The number of hydrogen-bond acceptors (Lipinski definition) is 8. The quantitative estimate of drug-likeness (QED) is 0.430. The Morgan fingerprint density at radius 1 is 1.22 bits per heavy atom. The number of rotatable bonds is 9. The number of nitrogens with zero attached hydrogens (tertiary/aromatic N) is 6. The number of carbonyl (C=O) groups excluding carboxylic acids is 1. The molecule has 3 aliphatic rings. The predicted molar refractivity (Wildman–Crippen MR) is 158 cm³/mol. The third kappa shape index (κ3) is 6.71. The minimum absolute atomic E-state index is 0.125. The SMILES string of the molecule is C=CC(=O)N1CCN(c2nc(OCC3CCCN3C)nc(C)c2CC[C@H]2Cc3ccc(C)cc3CO2)CC1CC#N. The van der Waals surface area contributed by atoms with E-state index in [1.54, 1.807) is 4.90 Å². The number of aromatic nitrogens is 2. The van der Waals surface area contributed by atoms with Gasteiger partial charge < -0.3 is 24.2 Å². The Morgan fingerprint density at radius 3 is 2.83 bits per heavy atom. The molecule has 1 aromatic heterocycles. The number of amides is 1. The fourth-order valence-electron chi connectivity index (χ4n) is 6.36. The molecule has 41 heavy (non-hydrogen) atoms. The van der Waals surface area contributed by atoms with Gasteiger partial charge >= 0.3 is 6.01 Å². The van der Waals surface area contributed by atoms with Crippen LogP contribution in [0.1, 0.15) is 53.6 Å². The normalized spacial score (nSPS) is 22.7. The molecule has 2 unspecified atom stereocenters. The van der Waals surface area contributed by atoms with E-state index in [4.69, 9.17) is 19.4 Å². The molecule has 1 aromatic carbocycles. The molecular formula is C32H42N6O3. The van der Waals surface area contributed by atoms with Gasteiger partial charge in [-0.1, -0.05) is 30.3 Å². The minimum atomic E-state index is -0.236. The van der Waals surface area contributed by atoms with Crippen LogP contribution in [0.2, 0.25) is 0 Å². The Hall–Kier alpha value is -3.48. The van der Waals surface area contributed by atoms with Gasteiger partial charge in [-0.15, -0.1) is 0 Å². The summed E-state index contributed by atoms with van der Waals surface area (Å²) in [5.41, 5.74) is 5.88. The molecule has 2 aromatic rings. The van der Waals surface area contributed by atoms with Crippen molar-refractivity contribution in [3.05, 3.63) is 58.8 Å². The molecule has 2 saturated heterocycles. The lowest BCUT2D eigenvalue weighted by molar-refractivity contribution is -0.128. The highest BCUT2D eigenvalue weighted by molar-refractivity contribution is 5.87. The van der Waals surface area contributed by atoms with Crippen LogP contribution in [0.5, 0.6) is 6.01 Å². The lowest BCUT2D eigenvalue weighted by Crippen LogP contribution is -2.55. The van der Waals surface area contributed by atoms with E-state index < -0.39 is 0 Å². The van der Waals surface area contributed by atoms with E-state index in [2.05, 4.69) is 54.6 Å². The van der Waals surface area contributed by atoms with E-state index >= 15 is 0 Å². The van der Waals surface area contributed by atoms with E-state index in [9.17, 15) is 10.1 Å². The summed E-state index contributed by atoms with van der Waals surface area (Å²) >= 11 is 0. The van der Waals surface area contributed by atoms with Crippen LogP contribution in [0.15, 0.2) is 30.9 Å². The van der Waals surface area contributed by atoms with Gasteiger partial charge in [0.2, 0.25) is 5.91 Å². The van der Waals surface area contributed by atoms with Crippen molar-refractivity contribution in [3.8, 4) is 12.1 Å². The van der Waals surface area contributed by atoms with Crippen LogP contribution >= 0.6 is 0 Å². The lowest BCUT2D eigenvalue weighted by atomic mass is 9.94. The fourth-order valence-corrected chi connectivity index (χ4v) is 6.36. The summed E-state index contributed by atoms with van der Waals surface area (Å²) < 4.78 is 12.4. The van der Waals surface area contributed by atoms with E-state index in [0.29, 0.717) is 44.9 Å². The zero-order valence-electron chi connectivity index (χ0n) is 24.6. The van der Waals surface area contributed by atoms with Gasteiger partial charge in [0, 0.05) is 36.9 Å². The second-order valence-corrected chi connectivity index (χ2v) is 11.6. The van der Waals surface area contributed by atoms with Crippen molar-refractivity contribution in [2.75, 3.05) is 44.7 Å². The van der Waals surface area contributed by atoms with Crippen molar-refractivity contribution in [2.24, 2.45) is 0 Å². The molecule has 0 saturated carbocycles. The second kappa shape index (κ2) is 13.0. The smallest absolute Gasteiger partial charge is 0.318 e. The summed E-state index contributed by atoms with van der Waals surface area (Å²) in [4.78, 5) is 28.5. The average Bonchev–Trinajstić information content (AvgIpc) is 3.39. The van der Waals surface area contributed by atoms with E-state index in [0.717, 1.165) is 49.3 Å². The number of nitriles is 1. The molecule has 2 fully saturated rings. The highest BCUT2D eigenvalue weighted by Crippen LogP contribution is 2.30. The highest BCUT2D eigenvalue weighted by Gasteiger charge is 2.32. The first-order valence-electron chi connectivity index (χ1n) is 14.8. The third-order valence-corrected chi connectivity index (χ3v) is 8.81. The van der Waals surface area contributed by atoms with Crippen LogP contribution in [-0.2, 0) is 29.0 Å². The number of fused-ring (bicyclic) bond motifs is 1. The largest absolute Gasteiger partial charge is 0.462 e. The summed E-state index contributed by atoms with van der Waals surface area (Å²) in [6, 6.07) is 9.40. The molecule has 3 aliphatic heterocycles. The molecule has 5 rings (SSSR count). The first-order chi connectivity index (χ1) is 19.9. The Kier molecular flexibility index (Phi) is 9.21. The van der Waals surface area contributed by atoms with Crippen molar-refractivity contribution < 1.29 is 14.3 Å². The zero-order valence-corrected chi connectivity index (χ0v) is 24.6. The minimum Gasteiger partial charge on any atom is -0.462 e. The number of hydrogen-bond donors (Lipinski definition) is 0. The van der Waals surface area contributed by atoms with E-state index in [1.807, 2.05) is 6.92 Å². The molecule has 0 aliphatic carbocycles. The van der Waals surface area contributed by atoms with E-state index in [-0.39, 0.29) is 24.5 Å². The number of piperazine rings is 1. The van der Waals surface area contributed by atoms with Crippen molar-refractivity contribution >= 4 is 11.7 Å². The summed E-state index contributed by atoms with van der Waals surface area (Å²) in [5, 5.41) is 9.50. The van der Waals surface area contributed by atoms with Gasteiger partial charge in [-0.2, -0.15) is 10.2 Å². The Morgan fingerprint density at radius 2 is 2.07 bits per heavy atom. The molecular weight excluding hydrogens is 516 g/mol. The topological polar surface area (TPSA) is 94.8 Å². The van der Waals surface area contributed by atoms with Gasteiger partial charge in [0.1, 0.15) is 12.4 Å². The number of benzene rings is 1. The maximum absolute atomic E-state index is 12.5. The molecule has 0 N–H and O–H groups in total. The second-order valence-electron chi connectivity index (χ2n) is 11.6. The van der Waals surface area contributed by atoms with Gasteiger partial charge in [-0.3, -0.25) is 4.79 Å². The molecule has 9 heteroatoms. The zero-order chi connectivity index (χ0) is 28.9. The predicted octanol–water partition coefficient (Wildman–Crippen LogP) is 3.76. The van der Waals surface area contributed by atoms with Gasteiger partial charge in [0.15, 0.2) is 0 Å². The Bertz CT molecular complexity index is 1310. The third-order valence-electron chi connectivity index (χ3n) is 8.81. The van der Waals surface area contributed by atoms with Gasteiger partial charge in [0.25, 0.3) is 0 Å². The van der Waals surface area contributed by atoms with Crippen molar-refractivity contribution in [1.82, 2.24) is 19.8 Å². The van der Waals surface area contributed by atoms with Gasteiger partial charge in [-0.05, 0) is 76.7 Å². The van der Waals surface area contributed by atoms with Crippen molar-refractivity contribution in [2.45, 2.75) is 77.2 Å².